The Morgan fingerprint density at radius 1 is 0.950 bits per heavy atom. The highest BCUT2D eigenvalue weighted by atomic mass is 35.5. The Morgan fingerprint density at radius 3 is 2.42 bits per heavy atom. The standard InChI is InChI=1S/C27H35ClN6O5S/c1-37-19-8-10-22(24(16-19)33-40(3,35)36)30-26-21(28)18-29-27(32-26)31-23-11-9-20(17-25(23)38-2)39-15-7-14-34-12-5-4-6-13-34/h8-11,16-18,33H,4-7,12-15H2,1-3H3,(H2,29,30,31,32). The minimum Gasteiger partial charge on any atom is -0.497 e. The van der Waals surface area contributed by atoms with Crippen LogP contribution in [0.3, 0.4) is 0 Å². The normalized spacial score (nSPS) is 13.9. The van der Waals surface area contributed by atoms with E-state index in [9.17, 15) is 8.42 Å². The lowest BCUT2D eigenvalue weighted by atomic mass is 10.1. The third kappa shape index (κ3) is 8.51. The number of halogens is 1. The average molecular weight is 591 g/mol. The smallest absolute Gasteiger partial charge is 0.229 e. The number of methoxy groups -OCH3 is 2. The highest BCUT2D eigenvalue weighted by molar-refractivity contribution is 7.92. The highest BCUT2D eigenvalue weighted by Crippen LogP contribution is 2.34. The van der Waals surface area contributed by atoms with Gasteiger partial charge in [0.05, 0.1) is 50.3 Å². The summed E-state index contributed by atoms with van der Waals surface area (Å²) >= 11 is 6.36. The predicted octanol–water partition coefficient (Wildman–Crippen LogP) is 5.26. The fraction of sp³-hybridized carbons (Fsp3) is 0.407. The lowest BCUT2D eigenvalue weighted by molar-refractivity contribution is 0.205. The van der Waals surface area contributed by atoms with E-state index in [4.69, 9.17) is 25.8 Å². The average Bonchev–Trinajstić information content (AvgIpc) is 2.94. The first kappa shape index (κ1) is 29.5. The Labute approximate surface area is 240 Å². The van der Waals surface area contributed by atoms with E-state index in [0.29, 0.717) is 35.2 Å². The maximum atomic E-state index is 11.9. The van der Waals surface area contributed by atoms with E-state index in [1.165, 1.54) is 45.7 Å². The Bertz CT molecular complexity index is 1400. The summed E-state index contributed by atoms with van der Waals surface area (Å²) in [6.07, 6.45) is 7.37. The van der Waals surface area contributed by atoms with Crippen LogP contribution in [-0.2, 0) is 10.0 Å². The van der Waals surface area contributed by atoms with E-state index in [1.807, 2.05) is 18.2 Å². The molecule has 0 atom stereocenters. The number of sulfonamides is 1. The van der Waals surface area contributed by atoms with Crippen LogP contribution in [0.2, 0.25) is 5.02 Å². The number of ether oxygens (including phenoxy) is 3. The van der Waals surface area contributed by atoms with Crippen molar-refractivity contribution in [2.45, 2.75) is 25.7 Å². The van der Waals surface area contributed by atoms with Crippen molar-refractivity contribution in [3.05, 3.63) is 47.6 Å². The van der Waals surface area contributed by atoms with Crippen LogP contribution < -0.4 is 29.6 Å². The van der Waals surface area contributed by atoms with Gasteiger partial charge in [0.15, 0.2) is 5.82 Å². The molecule has 1 fully saturated rings. The van der Waals surface area contributed by atoms with Crippen molar-refractivity contribution in [2.75, 3.05) is 62.1 Å². The summed E-state index contributed by atoms with van der Waals surface area (Å²) in [4.78, 5) is 11.2. The van der Waals surface area contributed by atoms with E-state index in [1.54, 1.807) is 25.3 Å². The number of rotatable bonds is 13. The van der Waals surface area contributed by atoms with Gasteiger partial charge in [-0.05, 0) is 56.6 Å². The molecule has 4 rings (SSSR count). The van der Waals surface area contributed by atoms with Gasteiger partial charge < -0.3 is 29.7 Å². The Hall–Kier alpha value is -3.48. The van der Waals surface area contributed by atoms with Gasteiger partial charge in [-0.15, -0.1) is 0 Å². The summed E-state index contributed by atoms with van der Waals surface area (Å²) in [6, 6.07) is 10.4. The summed E-state index contributed by atoms with van der Waals surface area (Å²) in [5, 5.41) is 6.46. The molecule has 0 saturated carbocycles. The molecule has 0 radical (unpaired) electrons. The molecule has 1 aromatic heterocycles. The van der Waals surface area contributed by atoms with Gasteiger partial charge in [-0.1, -0.05) is 18.0 Å². The van der Waals surface area contributed by atoms with E-state index in [2.05, 4.69) is 30.2 Å². The molecule has 0 bridgehead atoms. The van der Waals surface area contributed by atoms with E-state index in [-0.39, 0.29) is 22.5 Å². The van der Waals surface area contributed by atoms with Crippen LogP contribution in [0.15, 0.2) is 42.6 Å². The first-order chi connectivity index (χ1) is 19.2. The molecule has 2 heterocycles. The fourth-order valence-electron chi connectivity index (χ4n) is 4.33. The Balaban J connectivity index is 1.44. The molecule has 1 aliphatic rings. The van der Waals surface area contributed by atoms with Crippen LogP contribution in [-0.4, -0.2) is 70.0 Å². The molecule has 13 heteroatoms. The molecule has 3 N–H and O–H groups in total. The molecule has 11 nitrogen and oxygen atoms in total. The van der Waals surface area contributed by atoms with Gasteiger partial charge in [-0.2, -0.15) is 4.98 Å². The van der Waals surface area contributed by atoms with Gasteiger partial charge in [0.25, 0.3) is 0 Å². The van der Waals surface area contributed by atoms with Crippen LogP contribution in [0.1, 0.15) is 25.7 Å². The number of likely N-dealkylation sites (tertiary alicyclic amines) is 1. The second-order valence-corrected chi connectivity index (χ2v) is 11.5. The van der Waals surface area contributed by atoms with Gasteiger partial charge in [-0.25, -0.2) is 13.4 Å². The van der Waals surface area contributed by atoms with Gasteiger partial charge in [-0.3, -0.25) is 4.72 Å². The number of aromatic nitrogens is 2. The van der Waals surface area contributed by atoms with Gasteiger partial charge >= 0.3 is 0 Å². The summed E-state index contributed by atoms with van der Waals surface area (Å²) in [5.41, 5.74) is 1.34. The van der Waals surface area contributed by atoms with Gasteiger partial charge in [0.2, 0.25) is 16.0 Å². The highest BCUT2D eigenvalue weighted by Gasteiger charge is 2.14. The van der Waals surface area contributed by atoms with Gasteiger partial charge in [0.1, 0.15) is 22.3 Å². The van der Waals surface area contributed by atoms with Crippen LogP contribution in [0.4, 0.5) is 28.8 Å². The van der Waals surface area contributed by atoms with Crippen molar-refractivity contribution in [3.63, 3.8) is 0 Å². The zero-order chi connectivity index (χ0) is 28.5. The molecule has 0 amide bonds. The van der Waals surface area contributed by atoms with Crippen LogP contribution in [0.25, 0.3) is 0 Å². The Morgan fingerprint density at radius 2 is 1.70 bits per heavy atom. The molecule has 1 saturated heterocycles. The maximum Gasteiger partial charge on any atom is 0.229 e. The maximum absolute atomic E-state index is 11.9. The second kappa shape index (κ2) is 13.7. The molecule has 0 aliphatic carbocycles. The summed E-state index contributed by atoms with van der Waals surface area (Å²) < 4.78 is 43.0. The fourth-order valence-corrected chi connectivity index (χ4v) is 5.04. The quantitative estimate of drug-likeness (QED) is 0.227. The number of benzene rings is 2. The molecular weight excluding hydrogens is 556 g/mol. The first-order valence-corrected chi connectivity index (χ1v) is 15.3. The molecule has 216 valence electrons. The number of nitrogens with zero attached hydrogens (tertiary/aromatic N) is 3. The summed E-state index contributed by atoms with van der Waals surface area (Å²) in [6.45, 7) is 4.03. The van der Waals surface area contributed by atoms with Crippen LogP contribution in [0, 0.1) is 0 Å². The third-order valence-corrected chi connectivity index (χ3v) is 7.14. The van der Waals surface area contributed by atoms with Crippen molar-refractivity contribution in [3.8, 4) is 17.2 Å². The lowest BCUT2D eigenvalue weighted by Gasteiger charge is -2.26. The summed E-state index contributed by atoms with van der Waals surface area (Å²) in [5.74, 6) is 2.29. The number of hydrogen-bond donors (Lipinski definition) is 3. The van der Waals surface area contributed by atoms with E-state index >= 15 is 0 Å². The molecule has 0 unspecified atom stereocenters. The Kier molecular flexibility index (Phi) is 10.1. The molecule has 1 aliphatic heterocycles. The predicted molar refractivity (Wildman–Crippen MR) is 158 cm³/mol. The molecule has 0 spiro atoms. The second-order valence-electron chi connectivity index (χ2n) is 9.39. The monoisotopic (exact) mass is 590 g/mol. The van der Waals surface area contributed by atoms with E-state index < -0.39 is 10.0 Å². The van der Waals surface area contributed by atoms with Crippen molar-refractivity contribution >= 4 is 50.5 Å². The number of piperidine rings is 1. The topological polar surface area (TPSA) is 127 Å². The minimum atomic E-state index is -3.55. The van der Waals surface area contributed by atoms with Crippen molar-refractivity contribution < 1.29 is 22.6 Å². The third-order valence-electron chi connectivity index (χ3n) is 6.27. The zero-order valence-electron chi connectivity index (χ0n) is 22.9. The molecular formula is C27H35ClN6O5S. The molecule has 40 heavy (non-hydrogen) atoms. The zero-order valence-corrected chi connectivity index (χ0v) is 24.4. The number of hydrogen-bond acceptors (Lipinski definition) is 10. The minimum absolute atomic E-state index is 0.243. The number of nitrogens with one attached hydrogen (secondary N) is 3. The summed E-state index contributed by atoms with van der Waals surface area (Å²) in [7, 11) is -0.475. The van der Waals surface area contributed by atoms with Crippen molar-refractivity contribution in [2.24, 2.45) is 0 Å². The molecule has 3 aromatic rings. The van der Waals surface area contributed by atoms with Crippen LogP contribution >= 0.6 is 11.6 Å². The van der Waals surface area contributed by atoms with E-state index in [0.717, 1.165) is 19.2 Å². The number of anilines is 5. The SMILES string of the molecule is COc1ccc(Nc2nc(Nc3ccc(OCCCN4CCCCC4)cc3OC)ncc2Cl)c(NS(C)(=O)=O)c1. The van der Waals surface area contributed by atoms with Crippen molar-refractivity contribution in [1.82, 2.24) is 14.9 Å². The van der Waals surface area contributed by atoms with Gasteiger partial charge in [0, 0.05) is 18.7 Å². The van der Waals surface area contributed by atoms with Crippen LogP contribution in [0.5, 0.6) is 17.2 Å². The largest absolute Gasteiger partial charge is 0.497 e. The molecule has 2 aromatic carbocycles. The lowest BCUT2D eigenvalue weighted by Crippen LogP contribution is -2.31. The first-order valence-electron chi connectivity index (χ1n) is 13.0. The van der Waals surface area contributed by atoms with Crippen molar-refractivity contribution in [1.29, 1.82) is 0 Å².